The molecule has 2 aromatic rings. The molecule has 3 rings (SSSR count). The number of carbonyl (C=O) groups is 2. The molecule has 0 aromatic carbocycles. The second kappa shape index (κ2) is 6.10. The molecule has 0 spiro atoms. The van der Waals surface area contributed by atoms with Gasteiger partial charge in [-0.05, 0) is 37.3 Å². The van der Waals surface area contributed by atoms with Gasteiger partial charge in [0.25, 0.3) is 11.8 Å². The van der Waals surface area contributed by atoms with Crippen LogP contribution in [0.2, 0.25) is 0 Å². The number of nitrogens with one attached hydrogen (secondary N) is 2. The highest BCUT2D eigenvalue weighted by atomic mass is 32.1. The zero-order valence-electron chi connectivity index (χ0n) is 11.8. The monoisotopic (exact) mass is 317 g/mol. The summed E-state index contributed by atoms with van der Waals surface area (Å²) in [5.74, 6) is -0.920. The first-order chi connectivity index (χ1) is 10.6. The first-order valence-corrected chi connectivity index (χ1v) is 7.75. The highest BCUT2D eigenvalue weighted by molar-refractivity contribution is 7.14. The van der Waals surface area contributed by atoms with Gasteiger partial charge in [0, 0.05) is 17.3 Å². The first kappa shape index (κ1) is 14.5. The van der Waals surface area contributed by atoms with Gasteiger partial charge in [0.05, 0.1) is 4.88 Å². The van der Waals surface area contributed by atoms with Gasteiger partial charge in [-0.25, -0.2) is 9.97 Å². The minimum atomic E-state index is -0.597. The molecule has 1 aliphatic rings. The van der Waals surface area contributed by atoms with E-state index in [1.165, 1.54) is 34.2 Å². The number of carbonyl (C=O) groups excluding carboxylic acids is 2. The van der Waals surface area contributed by atoms with Crippen LogP contribution in [-0.4, -0.2) is 21.8 Å². The Hall–Kier alpha value is -2.48. The van der Waals surface area contributed by atoms with E-state index in [1.54, 1.807) is 0 Å². The van der Waals surface area contributed by atoms with E-state index in [9.17, 15) is 9.59 Å². The quantitative estimate of drug-likeness (QED) is 0.718. The van der Waals surface area contributed by atoms with E-state index >= 15 is 0 Å². The van der Waals surface area contributed by atoms with Crippen molar-refractivity contribution < 1.29 is 9.59 Å². The molecule has 22 heavy (non-hydrogen) atoms. The molecule has 0 saturated carbocycles. The molecule has 0 fully saturated rings. The predicted octanol–water partition coefficient (Wildman–Crippen LogP) is 1.07. The van der Waals surface area contributed by atoms with Crippen LogP contribution in [0.1, 0.15) is 43.4 Å². The number of amides is 2. The molecule has 114 valence electrons. The van der Waals surface area contributed by atoms with Crippen LogP contribution in [-0.2, 0) is 12.8 Å². The lowest BCUT2D eigenvalue weighted by atomic mass is 9.99. The minimum Gasteiger partial charge on any atom is -0.382 e. The Morgan fingerprint density at radius 3 is 2.59 bits per heavy atom. The number of nitrogen functional groups attached to an aromatic ring is 1. The highest BCUT2D eigenvalue weighted by Crippen LogP contribution is 2.29. The van der Waals surface area contributed by atoms with Gasteiger partial charge >= 0.3 is 0 Å². The molecule has 0 unspecified atom stereocenters. The van der Waals surface area contributed by atoms with Crippen molar-refractivity contribution in [3.63, 3.8) is 0 Å². The smallest absolute Gasteiger partial charge is 0.292 e. The van der Waals surface area contributed by atoms with Crippen LogP contribution >= 0.6 is 11.3 Å². The number of aromatic nitrogens is 2. The van der Waals surface area contributed by atoms with E-state index in [2.05, 4.69) is 20.8 Å². The molecular weight excluding hydrogens is 302 g/mol. The number of nitrogens with zero attached hydrogens (tertiary/aromatic N) is 2. The van der Waals surface area contributed by atoms with Crippen LogP contribution in [0.4, 0.5) is 5.82 Å². The van der Waals surface area contributed by atoms with Crippen molar-refractivity contribution in [2.75, 3.05) is 5.73 Å². The van der Waals surface area contributed by atoms with E-state index in [4.69, 9.17) is 5.73 Å². The number of aryl methyl sites for hydroxylation is 2. The Bertz CT molecular complexity index is 704. The number of fused-ring (bicyclic) bond motifs is 1. The van der Waals surface area contributed by atoms with Crippen LogP contribution in [0.3, 0.4) is 0 Å². The van der Waals surface area contributed by atoms with Crippen LogP contribution < -0.4 is 16.6 Å². The van der Waals surface area contributed by atoms with Crippen molar-refractivity contribution >= 4 is 29.0 Å². The van der Waals surface area contributed by atoms with Gasteiger partial charge in [-0.1, -0.05) is 0 Å². The normalized spacial score (nSPS) is 13.3. The molecule has 7 nitrogen and oxygen atoms in total. The second-order valence-corrected chi connectivity index (χ2v) is 6.10. The summed E-state index contributed by atoms with van der Waals surface area (Å²) in [6.07, 6.45) is 7.11. The molecule has 0 aliphatic heterocycles. The summed E-state index contributed by atoms with van der Waals surface area (Å²) < 4.78 is 0. The lowest BCUT2D eigenvalue weighted by molar-refractivity contribution is 0.0846. The van der Waals surface area contributed by atoms with Crippen molar-refractivity contribution in [2.45, 2.75) is 25.7 Å². The summed E-state index contributed by atoms with van der Waals surface area (Å²) in [6.45, 7) is 0. The Morgan fingerprint density at radius 1 is 1.09 bits per heavy atom. The van der Waals surface area contributed by atoms with E-state index in [0.717, 1.165) is 25.7 Å². The van der Waals surface area contributed by atoms with Gasteiger partial charge in [0.2, 0.25) is 0 Å². The minimum absolute atomic E-state index is 0.0147. The molecule has 0 radical (unpaired) electrons. The lowest BCUT2D eigenvalue weighted by Gasteiger charge is -2.08. The maximum atomic E-state index is 12.1. The third-order valence-corrected chi connectivity index (χ3v) is 4.69. The Labute approximate surface area is 130 Å². The van der Waals surface area contributed by atoms with Crippen molar-refractivity contribution in [3.05, 3.63) is 39.5 Å². The van der Waals surface area contributed by atoms with Crippen molar-refractivity contribution in [1.82, 2.24) is 20.8 Å². The van der Waals surface area contributed by atoms with Gasteiger partial charge in [0.1, 0.15) is 0 Å². The standard InChI is InChI=1S/C14H15N5O2S/c15-12-11(16-5-6-17-12)14(21)19-18-13(20)10-7-8-3-1-2-4-9(8)22-10/h5-7H,1-4H2,(H2,15,17)(H,18,20)(H,19,21). The van der Waals surface area contributed by atoms with Crippen LogP contribution in [0.25, 0.3) is 0 Å². The zero-order valence-corrected chi connectivity index (χ0v) is 12.6. The van der Waals surface area contributed by atoms with E-state index in [1.807, 2.05) is 6.07 Å². The molecule has 8 heteroatoms. The summed E-state index contributed by atoms with van der Waals surface area (Å²) in [6, 6.07) is 1.90. The van der Waals surface area contributed by atoms with Gasteiger partial charge in [-0.3, -0.25) is 20.4 Å². The summed E-state index contributed by atoms with van der Waals surface area (Å²) in [4.78, 5) is 33.5. The SMILES string of the molecule is Nc1nccnc1C(=O)NNC(=O)c1cc2c(s1)CCCC2. The third kappa shape index (κ3) is 2.91. The van der Waals surface area contributed by atoms with Crippen LogP contribution in [0, 0.1) is 0 Å². The largest absolute Gasteiger partial charge is 0.382 e. The van der Waals surface area contributed by atoms with E-state index in [-0.39, 0.29) is 17.4 Å². The Balaban J connectivity index is 1.64. The number of hydrazine groups is 1. The first-order valence-electron chi connectivity index (χ1n) is 6.94. The fourth-order valence-corrected chi connectivity index (χ4v) is 3.51. The average molecular weight is 317 g/mol. The molecule has 0 bridgehead atoms. The van der Waals surface area contributed by atoms with Gasteiger partial charge in [-0.15, -0.1) is 11.3 Å². The highest BCUT2D eigenvalue weighted by Gasteiger charge is 2.18. The predicted molar refractivity (Wildman–Crippen MR) is 82.3 cm³/mol. The van der Waals surface area contributed by atoms with Gasteiger partial charge < -0.3 is 5.73 Å². The van der Waals surface area contributed by atoms with Gasteiger partial charge in [0.15, 0.2) is 11.5 Å². The maximum Gasteiger partial charge on any atom is 0.292 e. The van der Waals surface area contributed by atoms with E-state index < -0.39 is 5.91 Å². The molecule has 2 aromatic heterocycles. The number of anilines is 1. The Kier molecular flexibility index (Phi) is 4.01. The number of hydrogen-bond donors (Lipinski definition) is 3. The summed E-state index contributed by atoms with van der Waals surface area (Å²) >= 11 is 1.48. The van der Waals surface area contributed by atoms with Crippen molar-refractivity contribution in [2.24, 2.45) is 0 Å². The number of thiophene rings is 1. The van der Waals surface area contributed by atoms with Gasteiger partial charge in [-0.2, -0.15) is 0 Å². The fourth-order valence-electron chi connectivity index (χ4n) is 2.36. The molecule has 4 N–H and O–H groups in total. The fraction of sp³-hybridized carbons (Fsp3) is 0.286. The van der Waals surface area contributed by atoms with Crippen molar-refractivity contribution in [1.29, 1.82) is 0 Å². The molecule has 1 aliphatic carbocycles. The molecular formula is C14H15N5O2S. The number of nitrogens with two attached hydrogens (primary N) is 1. The van der Waals surface area contributed by atoms with E-state index in [0.29, 0.717) is 4.88 Å². The van der Waals surface area contributed by atoms with Crippen molar-refractivity contribution in [3.8, 4) is 0 Å². The molecule has 0 atom stereocenters. The lowest BCUT2D eigenvalue weighted by Crippen LogP contribution is -2.42. The molecule has 0 saturated heterocycles. The summed E-state index contributed by atoms with van der Waals surface area (Å²) in [5, 5.41) is 0. The molecule has 2 heterocycles. The average Bonchev–Trinajstić information content (AvgIpc) is 2.97. The Morgan fingerprint density at radius 2 is 1.82 bits per heavy atom. The zero-order chi connectivity index (χ0) is 15.5. The topological polar surface area (TPSA) is 110 Å². The number of rotatable bonds is 2. The van der Waals surface area contributed by atoms with Crippen LogP contribution in [0.5, 0.6) is 0 Å². The summed E-state index contributed by atoms with van der Waals surface area (Å²) in [5.41, 5.74) is 11.5. The molecule has 2 amide bonds. The summed E-state index contributed by atoms with van der Waals surface area (Å²) in [7, 11) is 0. The van der Waals surface area contributed by atoms with Crippen LogP contribution in [0.15, 0.2) is 18.5 Å². The third-order valence-electron chi connectivity index (χ3n) is 3.45. The second-order valence-electron chi connectivity index (χ2n) is 4.96. The maximum absolute atomic E-state index is 12.1. The number of hydrogen-bond acceptors (Lipinski definition) is 6.